The second-order valence-electron chi connectivity index (χ2n) is 3.71. The molecule has 1 unspecified atom stereocenters. The largest absolute Gasteiger partial charge is 0.377 e. The van der Waals surface area contributed by atoms with Gasteiger partial charge < -0.3 is 9.64 Å². The fraction of sp³-hybridized carbons (Fsp3) is 0.778. The van der Waals surface area contributed by atoms with Gasteiger partial charge in [0.1, 0.15) is 0 Å². The zero-order chi connectivity index (χ0) is 11.4. The first-order chi connectivity index (χ1) is 7.81. The maximum Gasteiger partial charge on any atom is 0.295 e. The molecule has 0 aliphatic carbocycles. The molecule has 1 atom stereocenters. The Bertz CT molecular complexity index is 338. The molecule has 1 aromatic rings. The lowest BCUT2D eigenvalue weighted by molar-refractivity contribution is 0.00680. The van der Waals surface area contributed by atoms with Crippen LogP contribution >= 0.6 is 0 Å². The molecule has 88 valence electrons. The third-order valence-corrected chi connectivity index (χ3v) is 2.60. The van der Waals surface area contributed by atoms with Crippen molar-refractivity contribution in [2.75, 3.05) is 19.7 Å². The number of H-pyrrole nitrogens is 1. The Labute approximate surface area is 93.2 Å². The highest BCUT2D eigenvalue weighted by atomic mass is 16.5. The number of amides is 1. The summed E-state index contributed by atoms with van der Waals surface area (Å²) in [4.78, 5) is 13.6. The lowest BCUT2D eigenvalue weighted by Gasteiger charge is -2.31. The Morgan fingerprint density at radius 3 is 3.25 bits per heavy atom. The minimum absolute atomic E-state index is 0.122. The van der Waals surface area contributed by atoms with E-state index in [1.54, 1.807) is 4.90 Å². The second kappa shape index (κ2) is 5.02. The van der Waals surface area contributed by atoms with Crippen molar-refractivity contribution in [3.63, 3.8) is 0 Å². The van der Waals surface area contributed by atoms with Gasteiger partial charge in [0.05, 0.1) is 6.10 Å². The summed E-state index contributed by atoms with van der Waals surface area (Å²) in [5.74, 6) is -0.0599. The standard InChI is InChI=1S/C9H15N5O2/c1-2-16-7-4-3-5-14(6-7)9(15)8-10-12-13-11-8/h7H,2-6H2,1H3,(H,10,11,12,13). The Morgan fingerprint density at radius 1 is 1.69 bits per heavy atom. The van der Waals surface area contributed by atoms with E-state index < -0.39 is 0 Å². The van der Waals surface area contributed by atoms with Gasteiger partial charge in [0.2, 0.25) is 0 Å². The van der Waals surface area contributed by atoms with Crippen LogP contribution in [0.15, 0.2) is 0 Å². The molecule has 0 aromatic carbocycles. The van der Waals surface area contributed by atoms with E-state index >= 15 is 0 Å². The van der Waals surface area contributed by atoms with Crippen molar-refractivity contribution in [2.45, 2.75) is 25.9 Å². The van der Waals surface area contributed by atoms with Gasteiger partial charge >= 0.3 is 0 Å². The van der Waals surface area contributed by atoms with E-state index in [-0.39, 0.29) is 17.8 Å². The molecule has 0 radical (unpaired) electrons. The zero-order valence-electron chi connectivity index (χ0n) is 9.22. The molecule has 1 saturated heterocycles. The predicted octanol–water partition coefficient (Wildman–Crippen LogP) is -0.159. The molecule has 1 amide bonds. The summed E-state index contributed by atoms with van der Waals surface area (Å²) in [5.41, 5.74) is 0. The fourth-order valence-corrected chi connectivity index (χ4v) is 1.89. The van der Waals surface area contributed by atoms with E-state index in [2.05, 4.69) is 20.6 Å². The highest BCUT2D eigenvalue weighted by Gasteiger charge is 2.26. The second-order valence-corrected chi connectivity index (χ2v) is 3.71. The molecule has 0 spiro atoms. The van der Waals surface area contributed by atoms with Gasteiger partial charge in [0.15, 0.2) is 0 Å². The number of rotatable bonds is 3. The fourth-order valence-electron chi connectivity index (χ4n) is 1.89. The number of aromatic amines is 1. The van der Waals surface area contributed by atoms with Crippen molar-refractivity contribution < 1.29 is 9.53 Å². The number of aromatic nitrogens is 4. The Balaban J connectivity index is 1.96. The maximum absolute atomic E-state index is 11.9. The molecule has 1 aromatic heterocycles. The van der Waals surface area contributed by atoms with Crippen LogP contribution in [0.2, 0.25) is 0 Å². The van der Waals surface area contributed by atoms with Crippen LogP contribution in [0.5, 0.6) is 0 Å². The first-order valence-electron chi connectivity index (χ1n) is 5.45. The Morgan fingerprint density at radius 2 is 2.56 bits per heavy atom. The third kappa shape index (κ3) is 2.35. The van der Waals surface area contributed by atoms with Gasteiger partial charge in [0.25, 0.3) is 11.7 Å². The molecule has 1 aliphatic rings. The normalized spacial score (nSPS) is 21.1. The smallest absolute Gasteiger partial charge is 0.295 e. The van der Waals surface area contributed by atoms with Crippen LogP contribution in [0.25, 0.3) is 0 Å². The number of piperidine rings is 1. The van der Waals surface area contributed by atoms with Gasteiger partial charge in [-0.3, -0.25) is 4.79 Å². The Kier molecular flexibility index (Phi) is 3.45. The van der Waals surface area contributed by atoms with Gasteiger partial charge in [-0.05, 0) is 25.0 Å². The van der Waals surface area contributed by atoms with Gasteiger partial charge in [-0.15, -0.1) is 10.2 Å². The molecule has 0 saturated carbocycles. The van der Waals surface area contributed by atoms with Crippen molar-refractivity contribution >= 4 is 5.91 Å². The number of nitrogens with one attached hydrogen (secondary N) is 1. The molecule has 1 fully saturated rings. The number of carbonyl (C=O) groups is 1. The number of tetrazole rings is 1. The summed E-state index contributed by atoms with van der Waals surface area (Å²) in [6, 6.07) is 0. The molecule has 7 heteroatoms. The first kappa shape index (κ1) is 11.0. The minimum Gasteiger partial charge on any atom is -0.377 e. The highest BCUT2D eigenvalue weighted by molar-refractivity contribution is 5.90. The van der Waals surface area contributed by atoms with E-state index in [9.17, 15) is 4.79 Å². The van der Waals surface area contributed by atoms with Crippen LogP contribution in [0.4, 0.5) is 0 Å². The number of nitrogens with zero attached hydrogens (tertiary/aromatic N) is 4. The SMILES string of the molecule is CCOC1CCCN(C(=O)c2nn[nH]n2)C1. The molecule has 2 rings (SSSR count). The molecule has 1 aliphatic heterocycles. The maximum atomic E-state index is 11.9. The van der Waals surface area contributed by atoms with Crippen LogP contribution in [0.1, 0.15) is 30.4 Å². The minimum atomic E-state index is -0.182. The molecular formula is C9H15N5O2. The average Bonchev–Trinajstić information content (AvgIpc) is 2.82. The van der Waals surface area contributed by atoms with Crippen LogP contribution in [0, 0.1) is 0 Å². The number of ether oxygens (including phenoxy) is 1. The van der Waals surface area contributed by atoms with E-state index in [0.29, 0.717) is 13.2 Å². The summed E-state index contributed by atoms with van der Waals surface area (Å²) >= 11 is 0. The third-order valence-electron chi connectivity index (χ3n) is 2.60. The topological polar surface area (TPSA) is 84.0 Å². The van der Waals surface area contributed by atoms with Crippen molar-refractivity contribution in [2.24, 2.45) is 0 Å². The van der Waals surface area contributed by atoms with E-state index in [1.165, 1.54) is 0 Å². The highest BCUT2D eigenvalue weighted by Crippen LogP contribution is 2.14. The van der Waals surface area contributed by atoms with Gasteiger partial charge in [-0.25, -0.2) is 0 Å². The monoisotopic (exact) mass is 225 g/mol. The van der Waals surface area contributed by atoms with Crippen molar-refractivity contribution in [3.8, 4) is 0 Å². The zero-order valence-corrected chi connectivity index (χ0v) is 9.22. The summed E-state index contributed by atoms with van der Waals surface area (Å²) in [6.07, 6.45) is 2.09. The lowest BCUT2D eigenvalue weighted by atomic mass is 10.1. The average molecular weight is 225 g/mol. The van der Waals surface area contributed by atoms with E-state index in [1.807, 2.05) is 6.92 Å². The summed E-state index contributed by atoms with van der Waals surface area (Å²) in [7, 11) is 0. The summed E-state index contributed by atoms with van der Waals surface area (Å²) in [5, 5.41) is 13.0. The van der Waals surface area contributed by atoms with Crippen molar-refractivity contribution in [3.05, 3.63) is 5.82 Å². The number of carbonyl (C=O) groups excluding carboxylic acids is 1. The van der Waals surface area contributed by atoms with E-state index in [0.717, 1.165) is 19.4 Å². The van der Waals surface area contributed by atoms with E-state index in [4.69, 9.17) is 4.74 Å². The molecule has 1 N–H and O–H groups in total. The lowest BCUT2D eigenvalue weighted by Crippen LogP contribution is -2.43. The summed E-state index contributed by atoms with van der Waals surface area (Å²) < 4.78 is 5.52. The molecule has 2 heterocycles. The summed E-state index contributed by atoms with van der Waals surface area (Å²) in [6.45, 7) is 3.98. The van der Waals surface area contributed by atoms with Crippen LogP contribution in [0.3, 0.4) is 0 Å². The van der Waals surface area contributed by atoms with Crippen LogP contribution < -0.4 is 0 Å². The number of likely N-dealkylation sites (tertiary alicyclic amines) is 1. The van der Waals surface area contributed by atoms with Crippen LogP contribution in [-0.4, -0.2) is 57.2 Å². The number of hydrogen-bond acceptors (Lipinski definition) is 5. The quantitative estimate of drug-likeness (QED) is 0.772. The van der Waals surface area contributed by atoms with Crippen molar-refractivity contribution in [1.29, 1.82) is 0 Å². The predicted molar refractivity (Wildman–Crippen MR) is 54.7 cm³/mol. The first-order valence-corrected chi connectivity index (χ1v) is 5.45. The van der Waals surface area contributed by atoms with Gasteiger partial charge in [-0.1, -0.05) is 0 Å². The molecule has 7 nitrogen and oxygen atoms in total. The Hall–Kier alpha value is -1.50. The molecule has 16 heavy (non-hydrogen) atoms. The molecular weight excluding hydrogens is 210 g/mol. The van der Waals surface area contributed by atoms with Crippen LogP contribution in [-0.2, 0) is 4.74 Å². The molecule has 0 bridgehead atoms. The number of hydrogen-bond donors (Lipinski definition) is 1. The van der Waals surface area contributed by atoms with Gasteiger partial charge in [0, 0.05) is 19.7 Å². The van der Waals surface area contributed by atoms with Gasteiger partial charge in [-0.2, -0.15) is 5.21 Å². The van der Waals surface area contributed by atoms with Crippen molar-refractivity contribution in [1.82, 2.24) is 25.5 Å².